The van der Waals surface area contributed by atoms with Crippen molar-refractivity contribution in [2.24, 2.45) is 0 Å². The first-order chi connectivity index (χ1) is 20.1. The highest BCUT2D eigenvalue weighted by molar-refractivity contribution is 5.48. The topological polar surface area (TPSA) is 105 Å². The van der Waals surface area contributed by atoms with Crippen molar-refractivity contribution in [3.8, 4) is 23.0 Å². The van der Waals surface area contributed by atoms with E-state index < -0.39 is 56.2 Å². The molecule has 0 fully saturated rings. The molecular weight excluding hydrogens is 586 g/mol. The van der Waals surface area contributed by atoms with Gasteiger partial charge in [0.15, 0.2) is 0 Å². The summed E-state index contributed by atoms with van der Waals surface area (Å²) >= 11 is 0. The van der Waals surface area contributed by atoms with Crippen molar-refractivity contribution in [2.75, 3.05) is 0 Å². The van der Waals surface area contributed by atoms with E-state index in [1.165, 1.54) is 24.3 Å². The van der Waals surface area contributed by atoms with Gasteiger partial charge in [0.1, 0.15) is 34.1 Å². The van der Waals surface area contributed by atoms with Gasteiger partial charge in [0.05, 0.1) is 9.85 Å². The van der Waals surface area contributed by atoms with E-state index in [1.807, 2.05) is 6.92 Å². The van der Waals surface area contributed by atoms with E-state index in [4.69, 9.17) is 9.47 Å². The third kappa shape index (κ3) is 7.58. The summed E-state index contributed by atoms with van der Waals surface area (Å²) in [5.41, 5.74) is -2.39. The molecule has 0 radical (unpaired) electrons. The zero-order valence-corrected chi connectivity index (χ0v) is 22.0. The Kier molecular flexibility index (Phi) is 8.60. The van der Waals surface area contributed by atoms with E-state index in [1.54, 1.807) is 24.3 Å². The second kappa shape index (κ2) is 12.0. The van der Waals surface area contributed by atoms with Gasteiger partial charge < -0.3 is 9.47 Å². The number of halogens is 6. The van der Waals surface area contributed by atoms with Crippen LogP contribution >= 0.6 is 0 Å². The lowest BCUT2D eigenvalue weighted by Crippen LogP contribution is -2.08. The summed E-state index contributed by atoms with van der Waals surface area (Å²) in [6, 6.07) is 16.9. The zero-order valence-electron chi connectivity index (χ0n) is 22.0. The summed E-state index contributed by atoms with van der Waals surface area (Å²) in [6.07, 6.45) is -9.26. The summed E-state index contributed by atoms with van der Waals surface area (Å²) in [6.45, 7) is 1.89. The highest BCUT2D eigenvalue weighted by Crippen LogP contribution is 2.41. The minimum Gasteiger partial charge on any atom is -0.457 e. The predicted molar refractivity (Wildman–Crippen MR) is 141 cm³/mol. The lowest BCUT2D eigenvalue weighted by atomic mass is 9.94. The molecular formula is C29H20F6N2O6. The largest absolute Gasteiger partial charge is 0.457 e. The fraction of sp³-hybridized carbons (Fsp3) is 0.172. The number of nitro groups is 2. The van der Waals surface area contributed by atoms with Gasteiger partial charge >= 0.3 is 12.4 Å². The average molecular weight is 606 g/mol. The molecule has 0 N–H and O–H groups in total. The molecule has 0 amide bonds. The maximum Gasteiger partial charge on any atom is 0.420 e. The van der Waals surface area contributed by atoms with E-state index in [2.05, 4.69) is 0 Å². The van der Waals surface area contributed by atoms with Crippen molar-refractivity contribution in [3.63, 3.8) is 0 Å². The molecule has 0 spiro atoms. The van der Waals surface area contributed by atoms with Gasteiger partial charge in [0.2, 0.25) is 0 Å². The molecule has 0 saturated carbocycles. The van der Waals surface area contributed by atoms with Crippen molar-refractivity contribution >= 4 is 11.4 Å². The minimum absolute atomic E-state index is 0.0845. The molecule has 0 bridgehead atoms. The van der Waals surface area contributed by atoms with E-state index in [0.717, 1.165) is 35.4 Å². The van der Waals surface area contributed by atoms with Crippen LogP contribution in [0.3, 0.4) is 0 Å². The van der Waals surface area contributed by atoms with Crippen LogP contribution in [0, 0.1) is 20.2 Å². The summed E-state index contributed by atoms with van der Waals surface area (Å²) in [5, 5.41) is 21.8. The fourth-order valence-electron chi connectivity index (χ4n) is 4.17. The number of non-ortho nitro benzene ring substituents is 2. The molecule has 1 unspecified atom stereocenters. The molecule has 14 heteroatoms. The molecule has 0 heterocycles. The van der Waals surface area contributed by atoms with Crippen LogP contribution in [0.1, 0.15) is 35.1 Å². The predicted octanol–water partition coefficient (Wildman–Crippen LogP) is 9.47. The first-order valence-corrected chi connectivity index (χ1v) is 12.4. The van der Waals surface area contributed by atoms with Crippen LogP contribution in [-0.2, 0) is 18.8 Å². The van der Waals surface area contributed by atoms with Gasteiger partial charge in [0, 0.05) is 24.3 Å². The van der Waals surface area contributed by atoms with Crippen molar-refractivity contribution in [1.82, 2.24) is 0 Å². The SMILES string of the molecule is CC(Cc1ccc(Oc2ccc([N+](=O)[O-])cc2C(F)(F)F)cc1)c1ccc(Oc2ccc([N+](=O)[O-])cc2C(F)(F)F)cc1. The average Bonchev–Trinajstić information content (AvgIpc) is 2.93. The maximum absolute atomic E-state index is 13.4. The molecule has 0 aliphatic rings. The van der Waals surface area contributed by atoms with E-state index in [9.17, 15) is 46.6 Å². The van der Waals surface area contributed by atoms with Gasteiger partial charge in [-0.05, 0) is 59.9 Å². The maximum atomic E-state index is 13.4. The molecule has 0 aliphatic heterocycles. The smallest absolute Gasteiger partial charge is 0.420 e. The van der Waals surface area contributed by atoms with Crippen LogP contribution in [0.5, 0.6) is 23.0 Å². The molecule has 0 saturated heterocycles. The Morgan fingerprint density at radius 2 is 1.05 bits per heavy atom. The van der Waals surface area contributed by atoms with Gasteiger partial charge in [-0.25, -0.2) is 0 Å². The van der Waals surface area contributed by atoms with E-state index in [0.29, 0.717) is 18.6 Å². The third-order valence-corrected chi connectivity index (χ3v) is 6.33. The summed E-state index contributed by atoms with van der Waals surface area (Å²) < 4.78 is 91.3. The second-order valence-electron chi connectivity index (χ2n) is 9.39. The van der Waals surface area contributed by atoms with Crippen LogP contribution < -0.4 is 9.47 Å². The van der Waals surface area contributed by atoms with E-state index in [-0.39, 0.29) is 17.4 Å². The molecule has 0 aromatic heterocycles. The number of nitrogens with zero attached hydrogens (tertiary/aromatic N) is 2. The molecule has 224 valence electrons. The standard InChI is InChI=1S/C29H20F6N2O6/c1-17(19-4-10-23(11-5-19)43-27-13-7-21(37(40)41)16-25(27)29(33,34)35)14-18-2-8-22(9-3-18)42-26-12-6-20(36(38)39)15-24(26)28(30,31)32/h2-13,15-17H,14H2,1H3. The van der Waals surface area contributed by atoms with Gasteiger partial charge in [0.25, 0.3) is 11.4 Å². The zero-order chi connectivity index (χ0) is 31.5. The lowest BCUT2D eigenvalue weighted by molar-refractivity contribution is -0.385. The van der Waals surface area contributed by atoms with Gasteiger partial charge in [-0.15, -0.1) is 0 Å². The first-order valence-electron chi connectivity index (χ1n) is 12.4. The monoisotopic (exact) mass is 606 g/mol. The lowest BCUT2D eigenvalue weighted by Gasteiger charge is -2.16. The Balaban J connectivity index is 1.43. The number of rotatable bonds is 9. The van der Waals surface area contributed by atoms with Crippen molar-refractivity contribution in [2.45, 2.75) is 31.6 Å². The summed E-state index contributed by atoms with van der Waals surface area (Å²) in [4.78, 5) is 19.9. The molecule has 4 aromatic rings. The molecule has 4 rings (SSSR count). The summed E-state index contributed by atoms with van der Waals surface area (Å²) in [5.74, 6) is -1.09. The number of nitro benzene ring substituents is 2. The van der Waals surface area contributed by atoms with Gasteiger partial charge in [-0.1, -0.05) is 31.2 Å². The Hall–Kier alpha value is -5.14. The molecule has 0 aliphatic carbocycles. The van der Waals surface area contributed by atoms with E-state index >= 15 is 0 Å². The number of alkyl halides is 6. The Morgan fingerprint density at radius 1 is 0.651 bits per heavy atom. The van der Waals surface area contributed by atoms with Gasteiger partial charge in [-0.2, -0.15) is 26.3 Å². The second-order valence-corrected chi connectivity index (χ2v) is 9.39. The Bertz CT molecular complexity index is 1640. The normalized spacial score (nSPS) is 12.4. The van der Waals surface area contributed by atoms with Crippen molar-refractivity contribution in [1.29, 1.82) is 0 Å². The van der Waals surface area contributed by atoms with Crippen molar-refractivity contribution < 1.29 is 45.7 Å². The highest BCUT2D eigenvalue weighted by atomic mass is 19.4. The molecule has 1 atom stereocenters. The van der Waals surface area contributed by atoms with Crippen LogP contribution in [0.15, 0.2) is 84.9 Å². The quantitative estimate of drug-likeness (QED) is 0.107. The summed E-state index contributed by atoms with van der Waals surface area (Å²) in [7, 11) is 0. The number of hydrogen-bond donors (Lipinski definition) is 0. The van der Waals surface area contributed by atoms with Crippen LogP contribution in [0.4, 0.5) is 37.7 Å². The number of ether oxygens (including phenoxy) is 2. The molecule has 43 heavy (non-hydrogen) atoms. The minimum atomic E-state index is -4.88. The fourth-order valence-corrected chi connectivity index (χ4v) is 4.17. The molecule has 4 aromatic carbocycles. The van der Waals surface area contributed by atoms with Gasteiger partial charge in [-0.3, -0.25) is 20.2 Å². The third-order valence-electron chi connectivity index (χ3n) is 6.33. The van der Waals surface area contributed by atoms with Crippen LogP contribution in [0.2, 0.25) is 0 Å². The van der Waals surface area contributed by atoms with Crippen LogP contribution in [-0.4, -0.2) is 9.85 Å². The molecule has 8 nitrogen and oxygen atoms in total. The van der Waals surface area contributed by atoms with Crippen LogP contribution in [0.25, 0.3) is 0 Å². The Morgan fingerprint density at radius 3 is 1.42 bits per heavy atom. The van der Waals surface area contributed by atoms with Crippen molar-refractivity contribution in [3.05, 3.63) is 127 Å². The Labute approximate surface area is 239 Å². The number of benzene rings is 4. The first kappa shape index (κ1) is 30.8. The number of hydrogen-bond acceptors (Lipinski definition) is 6. The highest BCUT2D eigenvalue weighted by Gasteiger charge is 2.37.